The van der Waals surface area contributed by atoms with Crippen LogP contribution < -0.4 is 21.7 Å². The van der Waals surface area contributed by atoms with Crippen molar-refractivity contribution in [1.29, 1.82) is 0 Å². The molecule has 3 amide bonds. The molecule has 0 bridgehead atoms. The predicted molar refractivity (Wildman–Crippen MR) is 139 cm³/mol. The number of phenolic OH excluding ortho intramolecular Hbond substituents is 2. The van der Waals surface area contributed by atoms with Crippen molar-refractivity contribution in [2.75, 3.05) is 18.6 Å². The summed E-state index contributed by atoms with van der Waals surface area (Å²) in [6, 6.07) is 8.66. The fraction of sp³-hybridized carbons (Fsp3) is 0.360. The smallest absolute Gasteiger partial charge is 0.326 e. The van der Waals surface area contributed by atoms with Gasteiger partial charge in [0.1, 0.15) is 29.6 Å². The molecule has 0 aliphatic heterocycles. The lowest BCUT2D eigenvalue weighted by molar-refractivity contribution is -0.142. The molecule has 2 aromatic carbocycles. The van der Waals surface area contributed by atoms with Crippen molar-refractivity contribution in [3.05, 3.63) is 59.7 Å². The monoisotopic (exact) mass is 532 g/mol. The lowest BCUT2D eigenvalue weighted by Crippen LogP contribution is -2.57. The lowest BCUT2D eigenvalue weighted by Gasteiger charge is -2.24. The number of aromatic hydroxyl groups is 2. The normalized spacial score (nSPS) is 13.1. The molecule has 0 fully saturated rings. The minimum Gasteiger partial charge on any atom is -0.508 e. The average molecular weight is 533 g/mol. The number of phenols is 2. The molecule has 3 unspecified atom stereocenters. The van der Waals surface area contributed by atoms with Gasteiger partial charge in [0.05, 0.1) is 6.54 Å². The summed E-state index contributed by atoms with van der Waals surface area (Å²) in [7, 11) is 0. The van der Waals surface area contributed by atoms with Crippen molar-refractivity contribution in [3.8, 4) is 11.5 Å². The SMILES string of the molecule is CSCCC(NC(=O)C(Cc1ccc(O)cc1)NC(=O)CN)C(=O)NC(Cc1ccc(O)cc1)C(=O)O. The number of thioether (sulfide) groups is 1. The van der Waals surface area contributed by atoms with Gasteiger partial charge in [-0.1, -0.05) is 24.3 Å². The number of carboxylic acids is 1. The first-order valence-electron chi connectivity index (χ1n) is 11.5. The zero-order valence-corrected chi connectivity index (χ0v) is 21.2. The van der Waals surface area contributed by atoms with E-state index in [4.69, 9.17) is 5.73 Å². The molecule has 11 nitrogen and oxygen atoms in total. The van der Waals surface area contributed by atoms with Gasteiger partial charge in [0, 0.05) is 12.8 Å². The molecule has 0 aliphatic carbocycles. The summed E-state index contributed by atoms with van der Waals surface area (Å²) in [6.07, 6.45) is 2.10. The first-order valence-corrected chi connectivity index (χ1v) is 12.9. The number of hydrogen-bond acceptors (Lipinski definition) is 8. The molecular formula is C25H32N4O7S. The number of carbonyl (C=O) groups excluding carboxylic acids is 3. The van der Waals surface area contributed by atoms with Crippen LogP contribution in [0.15, 0.2) is 48.5 Å². The number of rotatable bonds is 14. The Labute approximate surface area is 218 Å². The first-order chi connectivity index (χ1) is 17.6. The first kappa shape index (κ1) is 29.5. The molecule has 3 atom stereocenters. The van der Waals surface area contributed by atoms with Crippen molar-refractivity contribution < 1.29 is 34.5 Å². The van der Waals surface area contributed by atoms with Gasteiger partial charge in [-0.05, 0) is 53.8 Å². The van der Waals surface area contributed by atoms with Crippen LogP contribution in [0.2, 0.25) is 0 Å². The zero-order valence-electron chi connectivity index (χ0n) is 20.3. The van der Waals surface area contributed by atoms with E-state index in [0.29, 0.717) is 16.9 Å². The Morgan fingerprint density at radius 2 is 1.24 bits per heavy atom. The highest BCUT2D eigenvalue weighted by molar-refractivity contribution is 7.98. The molecule has 0 spiro atoms. The van der Waals surface area contributed by atoms with E-state index in [9.17, 15) is 34.5 Å². The van der Waals surface area contributed by atoms with Crippen molar-refractivity contribution >= 4 is 35.5 Å². The van der Waals surface area contributed by atoms with Crippen LogP contribution in [0.4, 0.5) is 0 Å². The summed E-state index contributed by atoms with van der Waals surface area (Å²) in [5.74, 6) is -2.55. The van der Waals surface area contributed by atoms with Crippen LogP contribution >= 0.6 is 11.8 Å². The molecular weight excluding hydrogens is 500 g/mol. The molecule has 8 N–H and O–H groups in total. The Morgan fingerprint density at radius 1 is 0.784 bits per heavy atom. The fourth-order valence-corrected chi connectivity index (χ4v) is 3.92. The van der Waals surface area contributed by atoms with E-state index >= 15 is 0 Å². The second-order valence-corrected chi connectivity index (χ2v) is 9.29. The fourth-order valence-electron chi connectivity index (χ4n) is 3.45. The number of nitrogens with one attached hydrogen (secondary N) is 3. The topological polar surface area (TPSA) is 191 Å². The minimum atomic E-state index is -1.27. The highest BCUT2D eigenvalue weighted by Gasteiger charge is 2.29. The van der Waals surface area contributed by atoms with E-state index < -0.39 is 41.8 Å². The summed E-state index contributed by atoms with van der Waals surface area (Å²) >= 11 is 1.45. The third kappa shape index (κ3) is 10.0. The van der Waals surface area contributed by atoms with Gasteiger partial charge < -0.3 is 37.0 Å². The van der Waals surface area contributed by atoms with Gasteiger partial charge in [0.25, 0.3) is 0 Å². The van der Waals surface area contributed by atoms with E-state index in [2.05, 4.69) is 16.0 Å². The second kappa shape index (κ2) is 14.7. The second-order valence-electron chi connectivity index (χ2n) is 8.31. The van der Waals surface area contributed by atoms with Crippen LogP contribution in [0.3, 0.4) is 0 Å². The maximum absolute atomic E-state index is 13.1. The molecule has 0 saturated heterocycles. The molecule has 2 aromatic rings. The predicted octanol–water partition coefficient (Wildman–Crippen LogP) is 0.134. The summed E-state index contributed by atoms with van der Waals surface area (Å²) in [5.41, 5.74) is 6.63. The van der Waals surface area contributed by atoms with E-state index in [-0.39, 0.29) is 37.3 Å². The van der Waals surface area contributed by atoms with Crippen molar-refractivity contribution in [2.45, 2.75) is 37.4 Å². The molecule has 0 saturated carbocycles. The molecule has 2 rings (SSSR count). The lowest BCUT2D eigenvalue weighted by atomic mass is 10.0. The number of amides is 3. The van der Waals surface area contributed by atoms with Gasteiger partial charge in [-0.2, -0.15) is 11.8 Å². The molecule has 0 aliphatic rings. The third-order valence-corrected chi connectivity index (χ3v) is 6.09. The molecule has 0 aromatic heterocycles. The highest BCUT2D eigenvalue weighted by atomic mass is 32.2. The maximum Gasteiger partial charge on any atom is 0.326 e. The summed E-state index contributed by atoms with van der Waals surface area (Å²) in [5, 5.41) is 36.2. The molecule has 37 heavy (non-hydrogen) atoms. The minimum absolute atomic E-state index is 0.0272. The van der Waals surface area contributed by atoms with E-state index in [1.165, 1.54) is 36.0 Å². The Balaban J connectivity index is 2.17. The average Bonchev–Trinajstić information content (AvgIpc) is 2.87. The van der Waals surface area contributed by atoms with Crippen LogP contribution in [0.5, 0.6) is 11.5 Å². The maximum atomic E-state index is 13.1. The van der Waals surface area contributed by atoms with Crippen molar-refractivity contribution in [1.82, 2.24) is 16.0 Å². The van der Waals surface area contributed by atoms with Gasteiger partial charge in [0.15, 0.2) is 0 Å². The Morgan fingerprint density at radius 3 is 1.70 bits per heavy atom. The van der Waals surface area contributed by atoms with Crippen LogP contribution in [-0.2, 0) is 32.0 Å². The van der Waals surface area contributed by atoms with Crippen molar-refractivity contribution in [2.24, 2.45) is 5.73 Å². The van der Waals surface area contributed by atoms with Crippen molar-refractivity contribution in [3.63, 3.8) is 0 Å². The van der Waals surface area contributed by atoms with Gasteiger partial charge in [-0.15, -0.1) is 0 Å². The summed E-state index contributed by atoms with van der Waals surface area (Å²) < 4.78 is 0. The largest absolute Gasteiger partial charge is 0.508 e. The number of benzene rings is 2. The molecule has 12 heteroatoms. The number of nitrogens with two attached hydrogens (primary N) is 1. The van der Waals surface area contributed by atoms with Crippen LogP contribution in [0.25, 0.3) is 0 Å². The molecule has 0 radical (unpaired) electrons. The number of hydrogen-bond donors (Lipinski definition) is 7. The van der Waals surface area contributed by atoms with Gasteiger partial charge >= 0.3 is 5.97 Å². The van der Waals surface area contributed by atoms with Crippen LogP contribution in [-0.4, -0.2) is 75.7 Å². The Bertz CT molecular complexity index is 1060. The summed E-state index contributed by atoms with van der Waals surface area (Å²) in [4.78, 5) is 50.0. The molecule has 0 heterocycles. The number of carboxylic acid groups (broad SMARTS) is 1. The van der Waals surface area contributed by atoms with E-state index in [0.717, 1.165) is 0 Å². The Kier molecular flexibility index (Phi) is 11.7. The van der Waals surface area contributed by atoms with Gasteiger partial charge in [-0.3, -0.25) is 14.4 Å². The van der Waals surface area contributed by atoms with E-state index in [1.807, 2.05) is 6.26 Å². The van der Waals surface area contributed by atoms with Crippen LogP contribution in [0.1, 0.15) is 17.5 Å². The van der Waals surface area contributed by atoms with Crippen LogP contribution in [0, 0.1) is 0 Å². The molecule has 200 valence electrons. The summed E-state index contributed by atoms with van der Waals surface area (Å²) in [6.45, 7) is -0.340. The standard InChI is InChI=1S/C25H32N4O7S/c1-37-11-10-19(23(33)29-21(25(35)36)13-16-4-8-18(31)9-5-16)28-24(34)20(27-22(32)14-26)12-15-2-6-17(30)7-3-15/h2-9,19-21,30-31H,10-14,26H2,1H3,(H,27,32)(H,28,34)(H,29,33)(H,35,36). The number of carbonyl (C=O) groups is 4. The van der Waals surface area contributed by atoms with Gasteiger partial charge in [-0.25, -0.2) is 4.79 Å². The van der Waals surface area contributed by atoms with E-state index in [1.54, 1.807) is 24.3 Å². The highest BCUT2D eigenvalue weighted by Crippen LogP contribution is 2.13. The Hall–Kier alpha value is -3.77. The van der Waals surface area contributed by atoms with Gasteiger partial charge in [0.2, 0.25) is 17.7 Å². The third-order valence-electron chi connectivity index (χ3n) is 5.45. The zero-order chi connectivity index (χ0) is 27.4. The quantitative estimate of drug-likeness (QED) is 0.177. The number of aliphatic carboxylic acids is 1.